The molecule has 2 heteroatoms. The largest absolute Gasteiger partial charge is 0.390 e. The zero-order valence-corrected chi connectivity index (χ0v) is 9.21. The van der Waals surface area contributed by atoms with E-state index in [1.807, 2.05) is 13.8 Å². The highest BCUT2D eigenvalue weighted by molar-refractivity contribution is 4.77. The van der Waals surface area contributed by atoms with Gasteiger partial charge >= 0.3 is 0 Å². The molecule has 1 heterocycles. The van der Waals surface area contributed by atoms with Crippen LogP contribution in [-0.2, 0) is 0 Å². The van der Waals surface area contributed by atoms with Crippen molar-refractivity contribution in [3.05, 3.63) is 0 Å². The highest BCUT2D eigenvalue weighted by Gasteiger charge is 2.24. The van der Waals surface area contributed by atoms with Gasteiger partial charge in [0.2, 0.25) is 0 Å². The Kier molecular flexibility index (Phi) is 3.74. The van der Waals surface area contributed by atoms with Gasteiger partial charge in [-0.25, -0.2) is 0 Å². The molecule has 78 valence electrons. The third kappa shape index (κ3) is 4.10. The van der Waals surface area contributed by atoms with Gasteiger partial charge in [-0.1, -0.05) is 6.92 Å². The van der Waals surface area contributed by atoms with Crippen LogP contribution in [-0.4, -0.2) is 35.2 Å². The molecule has 0 spiro atoms. The van der Waals surface area contributed by atoms with Crippen molar-refractivity contribution in [2.24, 2.45) is 5.92 Å². The lowest BCUT2D eigenvalue weighted by Gasteiger charge is -2.33. The van der Waals surface area contributed by atoms with E-state index in [2.05, 4.69) is 11.8 Å². The molecule has 0 aromatic heterocycles. The van der Waals surface area contributed by atoms with E-state index in [0.29, 0.717) is 0 Å². The molecule has 1 rings (SSSR count). The molecule has 0 aromatic rings. The van der Waals surface area contributed by atoms with E-state index in [9.17, 15) is 5.11 Å². The van der Waals surface area contributed by atoms with Crippen LogP contribution in [0.4, 0.5) is 0 Å². The summed E-state index contributed by atoms with van der Waals surface area (Å²) in [5.74, 6) is 0.739. The molecule has 2 nitrogen and oxygen atoms in total. The third-order valence-electron chi connectivity index (χ3n) is 2.94. The van der Waals surface area contributed by atoms with Gasteiger partial charge in [0.25, 0.3) is 0 Å². The molecule has 0 bridgehead atoms. The Bertz CT molecular complexity index is 143. The number of piperidine rings is 1. The lowest BCUT2D eigenvalue weighted by molar-refractivity contribution is 0.0382. The van der Waals surface area contributed by atoms with Gasteiger partial charge in [0.1, 0.15) is 0 Å². The summed E-state index contributed by atoms with van der Waals surface area (Å²) < 4.78 is 0. The van der Waals surface area contributed by atoms with Crippen LogP contribution in [0.3, 0.4) is 0 Å². The van der Waals surface area contributed by atoms with E-state index in [-0.39, 0.29) is 0 Å². The second kappa shape index (κ2) is 4.43. The Morgan fingerprint density at radius 2 is 1.85 bits per heavy atom. The Balaban J connectivity index is 2.25. The first-order chi connectivity index (χ1) is 6.01. The van der Waals surface area contributed by atoms with Crippen LogP contribution in [0.2, 0.25) is 0 Å². The van der Waals surface area contributed by atoms with Crippen LogP contribution in [0.15, 0.2) is 0 Å². The van der Waals surface area contributed by atoms with Crippen molar-refractivity contribution in [2.75, 3.05) is 19.6 Å². The molecule has 0 amide bonds. The smallest absolute Gasteiger partial charge is 0.0594 e. The van der Waals surface area contributed by atoms with Gasteiger partial charge in [0.05, 0.1) is 5.60 Å². The molecule has 1 fully saturated rings. The van der Waals surface area contributed by atoms with Crippen LogP contribution in [0.1, 0.15) is 40.0 Å². The molecule has 13 heavy (non-hydrogen) atoms. The summed E-state index contributed by atoms with van der Waals surface area (Å²) in [5.41, 5.74) is -0.473. The molecular weight excluding hydrogens is 162 g/mol. The van der Waals surface area contributed by atoms with Crippen molar-refractivity contribution < 1.29 is 5.11 Å². The lowest BCUT2D eigenvalue weighted by Crippen LogP contribution is -2.36. The van der Waals surface area contributed by atoms with E-state index >= 15 is 0 Å². The molecule has 1 aliphatic rings. The van der Waals surface area contributed by atoms with E-state index in [1.165, 1.54) is 32.5 Å². The van der Waals surface area contributed by atoms with Gasteiger partial charge in [-0.05, 0) is 58.7 Å². The summed E-state index contributed by atoms with van der Waals surface area (Å²) >= 11 is 0. The van der Waals surface area contributed by atoms with Gasteiger partial charge in [-0.2, -0.15) is 0 Å². The number of aliphatic hydroxyl groups is 1. The first-order valence-electron chi connectivity index (χ1n) is 5.46. The molecule has 0 radical (unpaired) electrons. The normalized spacial score (nSPS) is 22.2. The molecule has 0 aromatic carbocycles. The van der Waals surface area contributed by atoms with Crippen molar-refractivity contribution in [3.63, 3.8) is 0 Å². The fourth-order valence-electron chi connectivity index (χ4n) is 2.21. The minimum Gasteiger partial charge on any atom is -0.390 e. The molecule has 0 unspecified atom stereocenters. The second-order valence-corrected chi connectivity index (χ2v) is 4.89. The molecule has 0 atom stereocenters. The minimum absolute atomic E-state index is 0.473. The Morgan fingerprint density at radius 1 is 1.31 bits per heavy atom. The lowest BCUT2D eigenvalue weighted by atomic mass is 9.86. The Labute approximate surface area is 81.9 Å². The molecular formula is C11H23NO. The first-order valence-corrected chi connectivity index (χ1v) is 5.46. The van der Waals surface area contributed by atoms with E-state index in [4.69, 9.17) is 0 Å². The maximum Gasteiger partial charge on any atom is 0.0594 e. The summed E-state index contributed by atoms with van der Waals surface area (Å²) in [7, 11) is 0. The average Bonchev–Trinajstić information content (AvgIpc) is 2.03. The van der Waals surface area contributed by atoms with Gasteiger partial charge in [-0.3, -0.25) is 0 Å². The number of likely N-dealkylation sites (tertiary alicyclic amines) is 1. The number of nitrogens with zero attached hydrogens (tertiary/aromatic N) is 1. The van der Waals surface area contributed by atoms with Crippen molar-refractivity contribution in [2.45, 2.75) is 45.6 Å². The fraction of sp³-hybridized carbons (Fsp3) is 1.00. The van der Waals surface area contributed by atoms with Crippen LogP contribution >= 0.6 is 0 Å². The molecule has 1 aliphatic heterocycles. The highest BCUT2D eigenvalue weighted by Crippen LogP contribution is 2.25. The van der Waals surface area contributed by atoms with Crippen molar-refractivity contribution in [1.29, 1.82) is 0 Å². The van der Waals surface area contributed by atoms with Crippen molar-refractivity contribution in [1.82, 2.24) is 4.90 Å². The third-order valence-corrected chi connectivity index (χ3v) is 2.94. The van der Waals surface area contributed by atoms with E-state index in [0.717, 1.165) is 12.3 Å². The molecule has 1 saturated heterocycles. The fourth-order valence-corrected chi connectivity index (χ4v) is 2.21. The van der Waals surface area contributed by atoms with Gasteiger partial charge in [0.15, 0.2) is 0 Å². The Hall–Kier alpha value is -0.0800. The van der Waals surface area contributed by atoms with Gasteiger partial charge < -0.3 is 10.0 Å². The summed E-state index contributed by atoms with van der Waals surface area (Å²) in [4.78, 5) is 2.49. The summed E-state index contributed by atoms with van der Waals surface area (Å²) in [6.45, 7) is 9.67. The zero-order valence-electron chi connectivity index (χ0n) is 9.21. The van der Waals surface area contributed by atoms with Crippen LogP contribution in [0.5, 0.6) is 0 Å². The summed E-state index contributed by atoms with van der Waals surface area (Å²) in [5, 5.41) is 9.68. The highest BCUT2D eigenvalue weighted by atomic mass is 16.3. The predicted octanol–water partition coefficient (Wildman–Crippen LogP) is 1.88. The van der Waals surface area contributed by atoms with Crippen LogP contribution in [0, 0.1) is 5.92 Å². The predicted molar refractivity (Wildman–Crippen MR) is 55.8 cm³/mol. The maximum absolute atomic E-state index is 9.68. The monoisotopic (exact) mass is 185 g/mol. The van der Waals surface area contributed by atoms with Crippen LogP contribution < -0.4 is 0 Å². The summed E-state index contributed by atoms with van der Waals surface area (Å²) in [6.07, 6.45) is 3.49. The minimum atomic E-state index is -0.473. The quantitative estimate of drug-likeness (QED) is 0.725. The zero-order chi connectivity index (χ0) is 9.90. The molecule has 0 saturated carbocycles. The SMILES string of the molecule is CCN1CCC(CC(C)(C)O)CC1. The topological polar surface area (TPSA) is 23.5 Å². The van der Waals surface area contributed by atoms with E-state index < -0.39 is 5.60 Å². The van der Waals surface area contributed by atoms with E-state index in [1.54, 1.807) is 0 Å². The Morgan fingerprint density at radius 3 is 2.23 bits per heavy atom. The first kappa shape index (κ1) is 11.0. The number of hydrogen-bond donors (Lipinski definition) is 1. The maximum atomic E-state index is 9.68. The average molecular weight is 185 g/mol. The molecule has 0 aliphatic carbocycles. The standard InChI is InChI=1S/C11H23NO/c1-4-12-7-5-10(6-8-12)9-11(2,3)13/h10,13H,4-9H2,1-3H3. The number of hydrogen-bond acceptors (Lipinski definition) is 2. The molecule has 1 N–H and O–H groups in total. The number of rotatable bonds is 3. The summed E-state index contributed by atoms with van der Waals surface area (Å²) in [6, 6.07) is 0. The van der Waals surface area contributed by atoms with Crippen molar-refractivity contribution in [3.8, 4) is 0 Å². The van der Waals surface area contributed by atoms with Crippen LogP contribution in [0.25, 0.3) is 0 Å². The van der Waals surface area contributed by atoms with Crippen molar-refractivity contribution >= 4 is 0 Å². The van der Waals surface area contributed by atoms with Gasteiger partial charge in [-0.15, -0.1) is 0 Å². The second-order valence-electron chi connectivity index (χ2n) is 4.89. The van der Waals surface area contributed by atoms with Gasteiger partial charge in [0, 0.05) is 0 Å².